The Morgan fingerprint density at radius 1 is 1.40 bits per heavy atom. The lowest BCUT2D eigenvalue weighted by molar-refractivity contribution is -0.146. The number of carbonyl (C=O) groups excluding carboxylic acids is 1. The molecular weight excluding hydrogens is 256 g/mol. The van der Waals surface area contributed by atoms with Crippen molar-refractivity contribution in [1.82, 2.24) is 4.90 Å². The summed E-state index contributed by atoms with van der Waals surface area (Å²) in [6, 6.07) is 0. The maximum Gasteiger partial charge on any atom is 0.325 e. The third-order valence-electron chi connectivity index (χ3n) is 4.08. The molecule has 0 spiro atoms. The molecule has 2 unspecified atom stereocenters. The Hall–Kier alpha value is -0.650. The lowest BCUT2D eigenvalue weighted by atomic mass is 9.95. The topological polar surface area (TPSA) is 64.8 Å². The molecular formula is C15H30N2O3. The van der Waals surface area contributed by atoms with Gasteiger partial charge in [0.2, 0.25) is 0 Å². The van der Waals surface area contributed by atoms with E-state index in [1.807, 2.05) is 0 Å². The van der Waals surface area contributed by atoms with Crippen molar-refractivity contribution in [2.75, 3.05) is 40.5 Å². The second kappa shape index (κ2) is 8.60. The summed E-state index contributed by atoms with van der Waals surface area (Å²) in [6.07, 6.45) is 5.23. The minimum Gasteiger partial charge on any atom is -0.468 e. The fourth-order valence-electron chi connectivity index (χ4n) is 2.89. The number of methoxy groups -OCH3 is 2. The normalized spacial score (nSPS) is 23.3. The zero-order chi connectivity index (χ0) is 15.0. The highest BCUT2D eigenvalue weighted by atomic mass is 16.5. The first kappa shape index (κ1) is 17.4. The number of nitrogens with two attached hydrogens (primary N) is 1. The van der Waals surface area contributed by atoms with E-state index in [1.54, 1.807) is 14.0 Å². The summed E-state index contributed by atoms with van der Waals surface area (Å²) in [4.78, 5) is 14.0. The van der Waals surface area contributed by atoms with Crippen molar-refractivity contribution in [3.63, 3.8) is 0 Å². The van der Waals surface area contributed by atoms with Gasteiger partial charge in [0.15, 0.2) is 0 Å². The average molecular weight is 286 g/mol. The van der Waals surface area contributed by atoms with E-state index in [0.717, 1.165) is 32.5 Å². The van der Waals surface area contributed by atoms with Gasteiger partial charge in [-0.25, -0.2) is 0 Å². The molecule has 2 N–H and O–H groups in total. The standard InChI is InChI=1S/C15H30N2O3/c1-15(16,14(18)20-3)8-4-5-9-17-10-6-7-13(11-17)12-19-2/h13H,4-12,16H2,1-3H3. The molecule has 0 amide bonds. The van der Waals surface area contributed by atoms with Crippen molar-refractivity contribution < 1.29 is 14.3 Å². The third kappa shape index (κ3) is 5.77. The lowest BCUT2D eigenvalue weighted by Crippen LogP contribution is -2.45. The number of ether oxygens (including phenoxy) is 2. The van der Waals surface area contributed by atoms with Gasteiger partial charge in [-0.3, -0.25) is 4.79 Å². The van der Waals surface area contributed by atoms with E-state index in [0.29, 0.717) is 12.3 Å². The smallest absolute Gasteiger partial charge is 0.325 e. The second-order valence-corrected chi connectivity index (χ2v) is 6.13. The van der Waals surface area contributed by atoms with Crippen LogP contribution in [0.2, 0.25) is 0 Å². The number of piperidine rings is 1. The zero-order valence-electron chi connectivity index (χ0n) is 13.2. The van der Waals surface area contributed by atoms with Crippen LogP contribution in [0.4, 0.5) is 0 Å². The van der Waals surface area contributed by atoms with E-state index >= 15 is 0 Å². The van der Waals surface area contributed by atoms with E-state index in [1.165, 1.54) is 26.5 Å². The first-order valence-corrected chi connectivity index (χ1v) is 7.58. The molecule has 1 aliphatic heterocycles. The van der Waals surface area contributed by atoms with Gasteiger partial charge in [0.05, 0.1) is 13.7 Å². The third-order valence-corrected chi connectivity index (χ3v) is 4.08. The fraction of sp³-hybridized carbons (Fsp3) is 0.933. The minimum atomic E-state index is -0.852. The summed E-state index contributed by atoms with van der Waals surface area (Å²) in [5.41, 5.74) is 5.10. The summed E-state index contributed by atoms with van der Waals surface area (Å²) in [7, 11) is 3.16. The van der Waals surface area contributed by atoms with E-state index in [-0.39, 0.29) is 5.97 Å². The van der Waals surface area contributed by atoms with Crippen LogP contribution in [0.3, 0.4) is 0 Å². The molecule has 1 rings (SSSR count). The molecule has 0 aromatic carbocycles. The van der Waals surface area contributed by atoms with Gasteiger partial charge in [-0.1, -0.05) is 0 Å². The second-order valence-electron chi connectivity index (χ2n) is 6.13. The van der Waals surface area contributed by atoms with Gasteiger partial charge in [-0.05, 0) is 58.0 Å². The molecule has 0 saturated carbocycles. The number of likely N-dealkylation sites (tertiary alicyclic amines) is 1. The van der Waals surface area contributed by atoms with E-state index in [9.17, 15) is 4.79 Å². The largest absolute Gasteiger partial charge is 0.468 e. The number of unbranched alkanes of at least 4 members (excludes halogenated alkanes) is 1. The van der Waals surface area contributed by atoms with Gasteiger partial charge in [-0.2, -0.15) is 0 Å². The molecule has 20 heavy (non-hydrogen) atoms. The van der Waals surface area contributed by atoms with Gasteiger partial charge in [-0.15, -0.1) is 0 Å². The molecule has 5 nitrogen and oxygen atoms in total. The highest BCUT2D eigenvalue weighted by Gasteiger charge is 2.28. The fourth-order valence-corrected chi connectivity index (χ4v) is 2.89. The molecule has 5 heteroatoms. The van der Waals surface area contributed by atoms with Crippen molar-refractivity contribution in [2.45, 2.75) is 44.6 Å². The van der Waals surface area contributed by atoms with Crippen molar-refractivity contribution in [1.29, 1.82) is 0 Å². The van der Waals surface area contributed by atoms with Crippen LogP contribution in [0.15, 0.2) is 0 Å². The van der Waals surface area contributed by atoms with E-state index < -0.39 is 5.54 Å². The Morgan fingerprint density at radius 2 is 2.15 bits per heavy atom. The molecule has 1 saturated heterocycles. The summed E-state index contributed by atoms with van der Waals surface area (Å²) in [5, 5.41) is 0. The summed E-state index contributed by atoms with van der Waals surface area (Å²) < 4.78 is 9.96. The summed E-state index contributed by atoms with van der Waals surface area (Å²) >= 11 is 0. The van der Waals surface area contributed by atoms with Crippen LogP contribution in [0.25, 0.3) is 0 Å². The lowest BCUT2D eigenvalue weighted by Gasteiger charge is -2.32. The van der Waals surface area contributed by atoms with Gasteiger partial charge in [0.25, 0.3) is 0 Å². The van der Waals surface area contributed by atoms with Gasteiger partial charge >= 0.3 is 5.97 Å². The average Bonchev–Trinajstić information content (AvgIpc) is 2.43. The molecule has 0 aliphatic carbocycles. The predicted octanol–water partition coefficient (Wildman–Crippen LogP) is 1.41. The Morgan fingerprint density at radius 3 is 2.80 bits per heavy atom. The van der Waals surface area contributed by atoms with Gasteiger partial charge in [0, 0.05) is 13.7 Å². The van der Waals surface area contributed by atoms with Crippen LogP contribution >= 0.6 is 0 Å². The molecule has 0 aromatic rings. The van der Waals surface area contributed by atoms with Crippen molar-refractivity contribution in [2.24, 2.45) is 11.7 Å². The highest BCUT2D eigenvalue weighted by molar-refractivity contribution is 5.79. The Balaban J connectivity index is 2.19. The SMILES string of the molecule is COCC1CCCN(CCCCC(C)(N)C(=O)OC)C1. The quantitative estimate of drug-likeness (QED) is 0.540. The first-order chi connectivity index (χ1) is 9.49. The summed E-state index contributed by atoms with van der Waals surface area (Å²) in [5.74, 6) is 0.347. The maximum absolute atomic E-state index is 11.5. The van der Waals surface area contributed by atoms with Crippen LogP contribution in [0.5, 0.6) is 0 Å². The molecule has 0 aromatic heterocycles. The molecule has 118 valence electrons. The predicted molar refractivity (Wildman–Crippen MR) is 79.5 cm³/mol. The van der Waals surface area contributed by atoms with E-state index in [4.69, 9.17) is 15.2 Å². The molecule has 1 aliphatic rings. The molecule has 1 fully saturated rings. The number of hydrogen-bond donors (Lipinski definition) is 1. The van der Waals surface area contributed by atoms with Gasteiger partial charge < -0.3 is 20.1 Å². The molecule has 0 bridgehead atoms. The molecule has 1 heterocycles. The van der Waals surface area contributed by atoms with E-state index in [2.05, 4.69) is 4.90 Å². The monoisotopic (exact) mass is 286 g/mol. The number of esters is 1. The van der Waals surface area contributed by atoms with Crippen LogP contribution in [-0.4, -0.2) is 56.9 Å². The zero-order valence-corrected chi connectivity index (χ0v) is 13.2. The maximum atomic E-state index is 11.5. The van der Waals surface area contributed by atoms with Crippen molar-refractivity contribution in [3.8, 4) is 0 Å². The van der Waals surface area contributed by atoms with Crippen LogP contribution in [-0.2, 0) is 14.3 Å². The Bertz CT molecular complexity index is 293. The van der Waals surface area contributed by atoms with Crippen LogP contribution in [0.1, 0.15) is 39.0 Å². The Labute approximate surface area is 122 Å². The first-order valence-electron chi connectivity index (χ1n) is 7.58. The van der Waals surface area contributed by atoms with Crippen LogP contribution in [0, 0.1) is 5.92 Å². The van der Waals surface area contributed by atoms with Crippen molar-refractivity contribution >= 4 is 5.97 Å². The van der Waals surface area contributed by atoms with Gasteiger partial charge in [0.1, 0.15) is 5.54 Å². The molecule has 2 atom stereocenters. The number of hydrogen-bond acceptors (Lipinski definition) is 5. The summed E-state index contributed by atoms with van der Waals surface area (Å²) in [6.45, 7) is 5.99. The Kier molecular flexibility index (Phi) is 7.48. The molecule has 0 radical (unpaired) electrons. The minimum absolute atomic E-state index is 0.323. The van der Waals surface area contributed by atoms with Crippen LogP contribution < -0.4 is 5.73 Å². The number of rotatable bonds is 8. The number of carbonyl (C=O) groups is 1. The highest BCUT2D eigenvalue weighted by Crippen LogP contribution is 2.18. The van der Waals surface area contributed by atoms with Crippen molar-refractivity contribution in [3.05, 3.63) is 0 Å². The number of nitrogens with zero attached hydrogens (tertiary/aromatic N) is 1.